The van der Waals surface area contributed by atoms with Crippen molar-refractivity contribution < 1.29 is 39.6 Å². The predicted molar refractivity (Wildman–Crippen MR) is 92.1 cm³/mol. The van der Waals surface area contributed by atoms with E-state index in [4.69, 9.17) is 11.6 Å². The van der Waals surface area contributed by atoms with E-state index in [0.717, 1.165) is 24.3 Å². The lowest BCUT2D eigenvalue weighted by Crippen LogP contribution is -2.33. The second-order valence-corrected chi connectivity index (χ2v) is 7.69. The van der Waals surface area contributed by atoms with Crippen molar-refractivity contribution in [2.45, 2.75) is 17.2 Å². The van der Waals surface area contributed by atoms with Gasteiger partial charge in [-0.15, -0.1) is 0 Å². The molecule has 2 aromatic carbocycles. The van der Waals surface area contributed by atoms with Gasteiger partial charge in [-0.3, -0.25) is 9.52 Å². The van der Waals surface area contributed by atoms with E-state index in [2.05, 4.69) is 0 Å². The molecule has 0 aliphatic heterocycles. The SMILES string of the molecule is O=C(NCC(F)(F)F)c1cccc(NS(=O)(=O)c2cc(C(F)(F)F)ccc2Cl)c1. The molecule has 0 fully saturated rings. The van der Waals surface area contributed by atoms with Gasteiger partial charge in [-0.05, 0) is 36.4 Å². The smallest absolute Gasteiger partial charge is 0.343 e. The zero-order valence-corrected chi connectivity index (χ0v) is 15.6. The van der Waals surface area contributed by atoms with Crippen LogP contribution in [0.4, 0.5) is 32.0 Å². The van der Waals surface area contributed by atoms with Gasteiger partial charge in [-0.1, -0.05) is 17.7 Å². The summed E-state index contributed by atoms with van der Waals surface area (Å²) in [4.78, 5) is 10.9. The topological polar surface area (TPSA) is 75.3 Å². The number of hydrogen-bond donors (Lipinski definition) is 2. The summed E-state index contributed by atoms with van der Waals surface area (Å²) >= 11 is 5.71. The van der Waals surface area contributed by atoms with Crippen LogP contribution in [0.1, 0.15) is 15.9 Å². The van der Waals surface area contributed by atoms with Crippen LogP contribution >= 0.6 is 11.6 Å². The molecule has 0 aliphatic carbocycles. The molecule has 1 amide bonds. The van der Waals surface area contributed by atoms with Crippen LogP contribution in [-0.4, -0.2) is 27.0 Å². The number of amides is 1. The summed E-state index contributed by atoms with van der Waals surface area (Å²) in [5, 5.41) is 1.12. The minimum atomic E-state index is -4.81. The summed E-state index contributed by atoms with van der Waals surface area (Å²) in [5.41, 5.74) is -1.81. The van der Waals surface area contributed by atoms with Gasteiger partial charge in [0.1, 0.15) is 11.4 Å². The molecule has 0 atom stereocenters. The van der Waals surface area contributed by atoms with Crippen molar-refractivity contribution in [1.82, 2.24) is 5.32 Å². The number of nitrogens with one attached hydrogen (secondary N) is 2. The Hall–Kier alpha value is -2.47. The van der Waals surface area contributed by atoms with Crippen LogP contribution in [0.15, 0.2) is 47.4 Å². The number of carbonyl (C=O) groups excluding carboxylic acids is 1. The van der Waals surface area contributed by atoms with E-state index in [0.29, 0.717) is 12.1 Å². The Morgan fingerprint density at radius 1 is 1.00 bits per heavy atom. The molecule has 0 heterocycles. The molecule has 0 spiro atoms. The highest BCUT2D eigenvalue weighted by Crippen LogP contribution is 2.34. The first-order valence-corrected chi connectivity index (χ1v) is 9.40. The van der Waals surface area contributed by atoms with Crippen molar-refractivity contribution in [3.8, 4) is 0 Å². The summed E-state index contributed by atoms with van der Waals surface area (Å²) in [6.45, 7) is -1.60. The molecule has 0 aliphatic rings. The van der Waals surface area contributed by atoms with E-state index in [-0.39, 0.29) is 11.3 Å². The van der Waals surface area contributed by atoms with Crippen molar-refractivity contribution in [1.29, 1.82) is 0 Å². The average Bonchev–Trinajstić information content (AvgIpc) is 2.58. The Kier molecular flexibility index (Phi) is 6.38. The first-order valence-electron chi connectivity index (χ1n) is 7.54. The maximum absolute atomic E-state index is 12.8. The molecular formula is C16H11ClF6N2O3S. The summed E-state index contributed by atoms with van der Waals surface area (Å²) in [5.74, 6) is -1.12. The fraction of sp³-hybridized carbons (Fsp3) is 0.188. The van der Waals surface area contributed by atoms with Crippen LogP contribution in [0, 0.1) is 0 Å². The quantitative estimate of drug-likeness (QED) is 0.647. The van der Waals surface area contributed by atoms with Crippen LogP contribution < -0.4 is 10.0 Å². The highest BCUT2D eigenvalue weighted by atomic mass is 35.5. The zero-order valence-electron chi connectivity index (χ0n) is 14.0. The summed E-state index contributed by atoms with van der Waals surface area (Å²) in [7, 11) is -4.60. The van der Waals surface area contributed by atoms with E-state index in [9.17, 15) is 39.6 Å². The van der Waals surface area contributed by atoms with Gasteiger partial charge in [0.05, 0.1) is 10.6 Å². The highest BCUT2D eigenvalue weighted by molar-refractivity contribution is 7.92. The lowest BCUT2D eigenvalue weighted by molar-refractivity contribution is -0.137. The van der Waals surface area contributed by atoms with Crippen LogP contribution in [0.2, 0.25) is 5.02 Å². The summed E-state index contributed by atoms with van der Waals surface area (Å²) < 4.78 is 102. The molecule has 13 heteroatoms. The standard InChI is InChI=1S/C16H11ClF6N2O3S/c17-12-5-4-10(16(21,22)23)7-13(12)29(27,28)25-11-3-1-2-9(6-11)14(26)24-8-15(18,19)20/h1-7,25H,8H2,(H,24,26). The number of benzene rings is 2. The Labute approximate surface area is 165 Å². The average molecular weight is 461 g/mol. The maximum atomic E-state index is 12.8. The van der Waals surface area contributed by atoms with E-state index >= 15 is 0 Å². The maximum Gasteiger partial charge on any atom is 0.416 e. The van der Waals surface area contributed by atoms with E-state index in [1.165, 1.54) is 6.07 Å². The lowest BCUT2D eigenvalue weighted by atomic mass is 10.2. The number of alkyl halides is 6. The summed E-state index contributed by atoms with van der Waals surface area (Å²) in [6, 6.07) is 6.08. The Morgan fingerprint density at radius 2 is 1.66 bits per heavy atom. The fourth-order valence-electron chi connectivity index (χ4n) is 2.10. The zero-order chi connectivity index (χ0) is 22.0. The van der Waals surface area contributed by atoms with Gasteiger partial charge in [0.2, 0.25) is 0 Å². The first-order chi connectivity index (χ1) is 13.2. The third-order valence-corrected chi connectivity index (χ3v) is 5.24. The van der Waals surface area contributed by atoms with Crippen LogP contribution in [0.25, 0.3) is 0 Å². The van der Waals surface area contributed by atoms with Gasteiger partial charge in [-0.25, -0.2) is 8.42 Å². The molecule has 2 aromatic rings. The van der Waals surface area contributed by atoms with Gasteiger partial charge in [0, 0.05) is 11.3 Å². The predicted octanol–water partition coefficient (Wildman–Crippen LogP) is 4.45. The fourth-order valence-corrected chi connectivity index (χ4v) is 3.68. The van der Waals surface area contributed by atoms with E-state index in [1.807, 2.05) is 4.72 Å². The highest BCUT2D eigenvalue weighted by Gasteiger charge is 2.33. The van der Waals surface area contributed by atoms with Gasteiger partial charge >= 0.3 is 12.4 Å². The molecule has 0 saturated carbocycles. The number of hydrogen-bond acceptors (Lipinski definition) is 3. The Morgan fingerprint density at radius 3 is 2.24 bits per heavy atom. The molecule has 0 radical (unpaired) electrons. The molecule has 29 heavy (non-hydrogen) atoms. The molecule has 0 aromatic heterocycles. The molecule has 158 valence electrons. The molecule has 2 N–H and O–H groups in total. The van der Waals surface area contributed by atoms with Crippen LogP contribution in [-0.2, 0) is 16.2 Å². The van der Waals surface area contributed by atoms with Gasteiger partial charge in [-0.2, -0.15) is 26.3 Å². The largest absolute Gasteiger partial charge is 0.416 e. The number of rotatable bonds is 5. The molecular weight excluding hydrogens is 450 g/mol. The Balaban J connectivity index is 2.29. The van der Waals surface area contributed by atoms with Crippen molar-refractivity contribution in [3.05, 3.63) is 58.6 Å². The number of halogens is 7. The number of sulfonamides is 1. The van der Waals surface area contributed by atoms with Gasteiger partial charge in [0.15, 0.2) is 0 Å². The molecule has 0 saturated heterocycles. The summed E-state index contributed by atoms with van der Waals surface area (Å²) in [6.07, 6.45) is -9.46. The van der Waals surface area contributed by atoms with E-state index < -0.39 is 50.3 Å². The van der Waals surface area contributed by atoms with Crippen LogP contribution in [0.3, 0.4) is 0 Å². The van der Waals surface area contributed by atoms with Crippen molar-refractivity contribution in [2.75, 3.05) is 11.3 Å². The third-order valence-electron chi connectivity index (χ3n) is 3.37. The van der Waals surface area contributed by atoms with Gasteiger partial charge < -0.3 is 5.32 Å². The molecule has 0 unspecified atom stereocenters. The van der Waals surface area contributed by atoms with Crippen molar-refractivity contribution in [3.63, 3.8) is 0 Å². The molecule has 2 rings (SSSR count). The van der Waals surface area contributed by atoms with Crippen molar-refractivity contribution >= 4 is 33.2 Å². The number of anilines is 1. The second-order valence-electron chi connectivity index (χ2n) is 5.63. The van der Waals surface area contributed by atoms with E-state index in [1.54, 1.807) is 5.32 Å². The minimum absolute atomic E-state index is 0.266. The molecule has 0 bridgehead atoms. The molecule has 5 nitrogen and oxygen atoms in total. The van der Waals surface area contributed by atoms with Crippen LogP contribution in [0.5, 0.6) is 0 Å². The van der Waals surface area contributed by atoms with Gasteiger partial charge in [0.25, 0.3) is 15.9 Å². The lowest BCUT2D eigenvalue weighted by Gasteiger charge is -2.13. The first kappa shape index (κ1) is 22.8. The number of carbonyl (C=O) groups is 1. The third kappa shape index (κ3) is 6.26. The van der Waals surface area contributed by atoms with Crippen molar-refractivity contribution in [2.24, 2.45) is 0 Å². The monoisotopic (exact) mass is 460 g/mol. The normalized spacial score (nSPS) is 12.5. The second kappa shape index (κ2) is 8.11. The Bertz CT molecular complexity index is 1020. The minimum Gasteiger partial charge on any atom is -0.343 e.